The van der Waals surface area contributed by atoms with E-state index in [-0.39, 0.29) is 24.8 Å². The van der Waals surface area contributed by atoms with Crippen molar-refractivity contribution in [1.82, 2.24) is 5.32 Å². The second kappa shape index (κ2) is 8.03. The number of nitrogens with one attached hydrogen (secondary N) is 1. The fraction of sp³-hybridized carbons (Fsp3) is 0.350. The predicted molar refractivity (Wildman–Crippen MR) is 93.4 cm³/mol. The van der Waals surface area contributed by atoms with E-state index in [2.05, 4.69) is 5.32 Å². The van der Waals surface area contributed by atoms with Crippen LogP contribution in [0.1, 0.15) is 35.3 Å². The number of hydrogen-bond acceptors (Lipinski definition) is 3. The predicted octanol–water partition coefficient (Wildman–Crippen LogP) is 5.58. The van der Waals surface area contributed by atoms with Gasteiger partial charge in [0.2, 0.25) is 0 Å². The molecule has 1 N–H and O–H groups in total. The molecule has 31 heavy (non-hydrogen) atoms. The first kappa shape index (κ1) is 22.9. The number of halogens is 7. The van der Waals surface area contributed by atoms with Crippen LogP contribution in [-0.4, -0.2) is 19.3 Å². The number of amides is 1. The maximum absolute atomic E-state index is 13.2. The van der Waals surface area contributed by atoms with Crippen LogP contribution in [0.4, 0.5) is 35.5 Å². The van der Waals surface area contributed by atoms with Crippen molar-refractivity contribution in [2.24, 2.45) is 0 Å². The standard InChI is InChI=1S/C20H16F7NO3/c1-11(12-6-14(19(22,23)24)8-15(7-12)20(25,26)27)30-9-18(10-31-17(29)28-18)13-2-4-16(21)5-3-13/h2-8,11H,9-10H2,1H3,(H,28,29)/t11-,18+/m1/s1. The van der Waals surface area contributed by atoms with Crippen molar-refractivity contribution in [2.75, 3.05) is 13.2 Å². The lowest BCUT2D eigenvalue weighted by Crippen LogP contribution is -2.45. The van der Waals surface area contributed by atoms with Gasteiger partial charge in [-0.05, 0) is 48.4 Å². The van der Waals surface area contributed by atoms with Crippen molar-refractivity contribution in [3.63, 3.8) is 0 Å². The van der Waals surface area contributed by atoms with Crippen LogP contribution in [0.15, 0.2) is 42.5 Å². The van der Waals surface area contributed by atoms with Gasteiger partial charge < -0.3 is 14.8 Å². The van der Waals surface area contributed by atoms with Gasteiger partial charge in [0, 0.05) is 0 Å². The largest absolute Gasteiger partial charge is 0.447 e. The summed E-state index contributed by atoms with van der Waals surface area (Å²) in [6.45, 7) is 0.718. The minimum absolute atomic E-state index is 0.0290. The Kier molecular flexibility index (Phi) is 5.92. The minimum atomic E-state index is -4.99. The SMILES string of the molecule is C[C@@H](OC[C@@]1(c2ccc(F)cc2)COC(=O)N1)c1cc(C(F)(F)F)cc(C(F)(F)F)c1. The van der Waals surface area contributed by atoms with Crippen LogP contribution in [0, 0.1) is 5.82 Å². The smallest absolute Gasteiger partial charge is 0.416 e. The summed E-state index contributed by atoms with van der Waals surface area (Å²) in [6, 6.07) is 6.18. The normalized spacial score (nSPS) is 20.3. The molecule has 2 aromatic rings. The van der Waals surface area contributed by atoms with Crippen LogP contribution >= 0.6 is 0 Å². The van der Waals surface area contributed by atoms with E-state index >= 15 is 0 Å². The summed E-state index contributed by atoms with van der Waals surface area (Å²) in [5, 5.41) is 2.51. The van der Waals surface area contributed by atoms with Gasteiger partial charge in [-0.2, -0.15) is 26.3 Å². The summed E-state index contributed by atoms with van der Waals surface area (Å²) in [5.74, 6) is -0.540. The summed E-state index contributed by atoms with van der Waals surface area (Å²) >= 11 is 0. The number of alkyl halides is 6. The first-order chi connectivity index (χ1) is 14.3. The van der Waals surface area contributed by atoms with Crippen molar-refractivity contribution < 1.29 is 45.0 Å². The molecule has 0 aromatic heterocycles. The summed E-state index contributed by atoms with van der Waals surface area (Å²) in [7, 11) is 0. The molecule has 0 spiro atoms. The Morgan fingerprint density at radius 3 is 2.03 bits per heavy atom. The molecule has 0 aliphatic carbocycles. The van der Waals surface area contributed by atoms with E-state index < -0.39 is 47.0 Å². The highest BCUT2D eigenvalue weighted by Crippen LogP contribution is 2.38. The Morgan fingerprint density at radius 2 is 1.58 bits per heavy atom. The van der Waals surface area contributed by atoms with E-state index in [1.165, 1.54) is 19.1 Å². The zero-order chi connectivity index (χ0) is 23.0. The molecule has 0 bridgehead atoms. The van der Waals surface area contributed by atoms with E-state index in [1.54, 1.807) is 0 Å². The van der Waals surface area contributed by atoms with Gasteiger partial charge in [0.25, 0.3) is 0 Å². The topological polar surface area (TPSA) is 47.6 Å². The van der Waals surface area contributed by atoms with Crippen molar-refractivity contribution in [1.29, 1.82) is 0 Å². The Morgan fingerprint density at radius 1 is 1.03 bits per heavy atom. The number of hydrogen-bond donors (Lipinski definition) is 1. The van der Waals surface area contributed by atoms with Crippen LogP contribution in [0.3, 0.4) is 0 Å². The average molecular weight is 451 g/mol. The second-order valence-electron chi connectivity index (χ2n) is 7.08. The molecule has 1 saturated heterocycles. The van der Waals surface area contributed by atoms with E-state index in [4.69, 9.17) is 9.47 Å². The Labute approximate surface area is 171 Å². The van der Waals surface area contributed by atoms with Crippen LogP contribution in [0.5, 0.6) is 0 Å². The molecule has 1 aliphatic heterocycles. The third-order valence-corrected chi connectivity index (χ3v) is 4.85. The zero-order valence-corrected chi connectivity index (χ0v) is 15.9. The number of carbonyl (C=O) groups is 1. The molecular formula is C20H16F7NO3. The second-order valence-corrected chi connectivity index (χ2v) is 7.08. The highest BCUT2D eigenvalue weighted by atomic mass is 19.4. The molecular weight excluding hydrogens is 435 g/mol. The minimum Gasteiger partial charge on any atom is -0.447 e. The molecule has 11 heteroatoms. The number of ether oxygens (including phenoxy) is 2. The van der Waals surface area contributed by atoms with Crippen LogP contribution in [0.25, 0.3) is 0 Å². The van der Waals surface area contributed by atoms with Gasteiger partial charge in [-0.25, -0.2) is 9.18 Å². The van der Waals surface area contributed by atoms with Gasteiger partial charge >= 0.3 is 18.4 Å². The Hall–Kier alpha value is -2.82. The highest BCUT2D eigenvalue weighted by molar-refractivity contribution is 5.71. The van der Waals surface area contributed by atoms with E-state index in [0.717, 1.165) is 12.1 Å². The zero-order valence-electron chi connectivity index (χ0n) is 15.9. The molecule has 0 unspecified atom stereocenters. The van der Waals surface area contributed by atoms with Gasteiger partial charge in [0.1, 0.15) is 18.0 Å². The van der Waals surface area contributed by atoms with Crippen molar-refractivity contribution in [3.05, 3.63) is 70.5 Å². The molecule has 2 atom stereocenters. The Balaban J connectivity index is 1.88. The fourth-order valence-electron chi connectivity index (χ4n) is 3.12. The van der Waals surface area contributed by atoms with Crippen LogP contribution in [-0.2, 0) is 27.4 Å². The molecule has 0 radical (unpaired) electrons. The monoisotopic (exact) mass is 451 g/mol. The molecule has 0 saturated carbocycles. The number of carbonyl (C=O) groups excluding carboxylic acids is 1. The van der Waals surface area contributed by atoms with Gasteiger partial charge in [0.15, 0.2) is 0 Å². The quantitative estimate of drug-likeness (QED) is 0.605. The lowest BCUT2D eigenvalue weighted by atomic mass is 9.92. The Bertz CT molecular complexity index is 924. The van der Waals surface area contributed by atoms with E-state index in [0.29, 0.717) is 17.7 Å². The summed E-state index contributed by atoms with van der Waals surface area (Å²) in [6.07, 6.45) is -12.0. The molecule has 3 rings (SSSR count). The van der Waals surface area contributed by atoms with Gasteiger partial charge in [-0.15, -0.1) is 0 Å². The molecule has 168 valence electrons. The maximum Gasteiger partial charge on any atom is 0.416 e. The van der Waals surface area contributed by atoms with Gasteiger partial charge in [-0.1, -0.05) is 12.1 Å². The van der Waals surface area contributed by atoms with Crippen LogP contribution in [0.2, 0.25) is 0 Å². The number of benzene rings is 2. The molecule has 1 fully saturated rings. The van der Waals surface area contributed by atoms with Gasteiger partial charge in [0.05, 0.1) is 23.8 Å². The number of rotatable bonds is 5. The first-order valence-corrected chi connectivity index (χ1v) is 8.92. The van der Waals surface area contributed by atoms with Crippen molar-refractivity contribution >= 4 is 6.09 Å². The average Bonchev–Trinajstić information content (AvgIpc) is 3.07. The van der Waals surface area contributed by atoms with Crippen LogP contribution < -0.4 is 5.32 Å². The lowest BCUT2D eigenvalue weighted by Gasteiger charge is -2.29. The third kappa shape index (κ3) is 5.09. The van der Waals surface area contributed by atoms with E-state index in [1.807, 2.05) is 0 Å². The molecule has 1 aliphatic rings. The summed E-state index contributed by atoms with van der Waals surface area (Å²) < 4.78 is 102. The van der Waals surface area contributed by atoms with Crippen molar-refractivity contribution in [2.45, 2.75) is 30.9 Å². The lowest BCUT2D eigenvalue weighted by molar-refractivity contribution is -0.143. The number of alkyl carbamates (subject to hydrolysis) is 1. The maximum atomic E-state index is 13.2. The summed E-state index contributed by atoms with van der Waals surface area (Å²) in [5.41, 5.74) is -4.15. The number of cyclic esters (lactones) is 1. The highest BCUT2D eigenvalue weighted by Gasteiger charge is 2.42. The molecule has 2 aromatic carbocycles. The first-order valence-electron chi connectivity index (χ1n) is 8.92. The summed E-state index contributed by atoms with van der Waals surface area (Å²) in [4.78, 5) is 11.6. The molecule has 1 heterocycles. The van der Waals surface area contributed by atoms with Crippen molar-refractivity contribution in [3.8, 4) is 0 Å². The third-order valence-electron chi connectivity index (χ3n) is 4.85. The van der Waals surface area contributed by atoms with Gasteiger partial charge in [-0.3, -0.25) is 0 Å². The molecule has 1 amide bonds. The van der Waals surface area contributed by atoms with E-state index in [9.17, 15) is 35.5 Å². The fourth-order valence-corrected chi connectivity index (χ4v) is 3.12. The molecule has 4 nitrogen and oxygen atoms in total.